The lowest BCUT2D eigenvalue weighted by Gasteiger charge is -2.31. The summed E-state index contributed by atoms with van der Waals surface area (Å²) < 4.78 is 13.6. The Bertz CT molecular complexity index is 901. The predicted molar refractivity (Wildman–Crippen MR) is 111 cm³/mol. The number of urea groups is 1. The van der Waals surface area contributed by atoms with E-state index in [-0.39, 0.29) is 28.0 Å². The van der Waals surface area contributed by atoms with Crippen LogP contribution in [0.5, 0.6) is 0 Å². The van der Waals surface area contributed by atoms with Gasteiger partial charge in [0, 0.05) is 30.9 Å². The van der Waals surface area contributed by atoms with E-state index in [1.54, 1.807) is 11.1 Å². The van der Waals surface area contributed by atoms with Gasteiger partial charge < -0.3 is 15.5 Å². The molecule has 29 heavy (non-hydrogen) atoms. The monoisotopic (exact) mass is 461 g/mol. The van der Waals surface area contributed by atoms with Gasteiger partial charge in [0.05, 0.1) is 16.7 Å². The van der Waals surface area contributed by atoms with E-state index in [9.17, 15) is 14.0 Å². The van der Waals surface area contributed by atoms with Gasteiger partial charge in [0.2, 0.25) is 5.78 Å². The van der Waals surface area contributed by atoms with Gasteiger partial charge in [-0.1, -0.05) is 6.07 Å². The molecule has 7 nitrogen and oxygen atoms in total. The van der Waals surface area contributed by atoms with Crippen LogP contribution in [0.15, 0.2) is 47.1 Å². The van der Waals surface area contributed by atoms with Gasteiger partial charge in [0.25, 0.3) is 0 Å². The van der Waals surface area contributed by atoms with E-state index in [2.05, 4.69) is 31.5 Å². The molecule has 1 aliphatic rings. The maximum Gasteiger partial charge on any atom is 0.317 e. The molecule has 9 heteroatoms. The molecule has 0 atom stereocenters. The third-order valence-electron chi connectivity index (χ3n) is 4.74. The fourth-order valence-corrected chi connectivity index (χ4v) is 3.49. The molecule has 2 amide bonds. The third kappa shape index (κ3) is 5.60. The number of likely N-dealkylation sites (tertiary alicyclic amines) is 1. The molecule has 3 N–H and O–H groups in total. The van der Waals surface area contributed by atoms with Gasteiger partial charge in [-0.05, 0) is 59.1 Å². The molecule has 2 aromatic rings. The van der Waals surface area contributed by atoms with E-state index in [1.807, 2.05) is 18.2 Å². The minimum atomic E-state index is -0.415. The fourth-order valence-electron chi connectivity index (χ4n) is 3.11. The summed E-state index contributed by atoms with van der Waals surface area (Å²) in [5.74, 6) is -1.28. The number of carbonyl (C=O) groups excluding carboxylic acids is 2. The number of Topliss-reactive ketones (excluding diaryl/α,β-unsaturated/α-hetero) is 1. The Hall–Kier alpha value is -2.81. The molecule has 0 radical (unpaired) electrons. The summed E-state index contributed by atoms with van der Waals surface area (Å²) in [6, 6.07) is 9.52. The van der Waals surface area contributed by atoms with Crippen LogP contribution in [0, 0.1) is 17.1 Å². The van der Waals surface area contributed by atoms with E-state index in [4.69, 9.17) is 5.41 Å². The number of carbonyl (C=O) groups is 2. The normalized spacial score (nSPS) is 14.3. The molecule has 1 aliphatic heterocycles. The second-order valence-electron chi connectivity index (χ2n) is 6.73. The number of rotatable bonds is 5. The van der Waals surface area contributed by atoms with Gasteiger partial charge in [-0.3, -0.25) is 15.2 Å². The second-order valence-corrected chi connectivity index (χ2v) is 7.59. The third-order valence-corrected chi connectivity index (χ3v) is 5.34. The summed E-state index contributed by atoms with van der Waals surface area (Å²) >= 11 is 3.08. The number of nitrogens with zero attached hydrogens (tertiary/aromatic N) is 2. The van der Waals surface area contributed by atoms with Gasteiger partial charge in [0.1, 0.15) is 5.82 Å². The summed E-state index contributed by atoms with van der Waals surface area (Å²) in [5.41, 5.74) is 1.24. The highest BCUT2D eigenvalue weighted by Crippen LogP contribution is 2.22. The molecular weight excluding hydrogens is 441 g/mol. The average molecular weight is 462 g/mol. The molecule has 1 aromatic heterocycles. The Morgan fingerprint density at radius 1 is 1.24 bits per heavy atom. The number of piperidine rings is 1. The smallest absolute Gasteiger partial charge is 0.317 e. The highest BCUT2D eigenvalue weighted by Gasteiger charge is 2.29. The lowest BCUT2D eigenvalue weighted by Crippen LogP contribution is -2.46. The number of amidine groups is 1. The first kappa shape index (κ1) is 20.9. The lowest BCUT2D eigenvalue weighted by molar-refractivity contribution is -0.117. The first-order chi connectivity index (χ1) is 13.9. The van der Waals surface area contributed by atoms with Gasteiger partial charge in [-0.15, -0.1) is 0 Å². The molecule has 0 spiro atoms. The van der Waals surface area contributed by atoms with Crippen molar-refractivity contribution in [1.29, 1.82) is 5.41 Å². The summed E-state index contributed by atoms with van der Waals surface area (Å²) in [6.45, 7) is 1.24. The van der Waals surface area contributed by atoms with E-state index in [1.165, 1.54) is 18.2 Å². The second kappa shape index (κ2) is 9.60. The highest BCUT2D eigenvalue weighted by atomic mass is 79.9. The Kier molecular flexibility index (Phi) is 6.92. The molecule has 2 heterocycles. The number of benzene rings is 1. The Labute approximate surface area is 176 Å². The van der Waals surface area contributed by atoms with Crippen molar-refractivity contribution >= 4 is 39.3 Å². The van der Waals surface area contributed by atoms with Crippen molar-refractivity contribution in [3.8, 4) is 0 Å². The SMILES string of the molecule is N=C(Nc1ccc(F)c(Br)c1)C(=O)C1CCN(C(=O)NCc2ccccn2)CC1. The van der Waals surface area contributed by atoms with Crippen molar-refractivity contribution < 1.29 is 14.0 Å². The van der Waals surface area contributed by atoms with Crippen LogP contribution in [0.25, 0.3) is 0 Å². The zero-order chi connectivity index (χ0) is 20.8. The fraction of sp³-hybridized carbons (Fsp3) is 0.300. The van der Waals surface area contributed by atoms with Crippen LogP contribution >= 0.6 is 15.9 Å². The molecule has 0 unspecified atom stereocenters. The maximum absolute atomic E-state index is 13.3. The van der Waals surface area contributed by atoms with Crippen LogP contribution in [0.1, 0.15) is 18.5 Å². The van der Waals surface area contributed by atoms with Crippen molar-refractivity contribution in [2.45, 2.75) is 19.4 Å². The van der Waals surface area contributed by atoms with E-state index in [0.717, 1.165) is 5.69 Å². The van der Waals surface area contributed by atoms with Crippen LogP contribution in [0.3, 0.4) is 0 Å². The van der Waals surface area contributed by atoms with Crippen molar-refractivity contribution in [3.63, 3.8) is 0 Å². The van der Waals surface area contributed by atoms with Crippen LogP contribution in [-0.2, 0) is 11.3 Å². The van der Waals surface area contributed by atoms with Crippen LogP contribution in [0.4, 0.5) is 14.9 Å². The number of pyridine rings is 1. The van der Waals surface area contributed by atoms with Crippen molar-refractivity contribution in [1.82, 2.24) is 15.2 Å². The standard InChI is InChI=1S/C20H21BrFN5O2/c21-16-11-14(4-5-17(16)22)26-19(23)18(28)13-6-9-27(10-7-13)20(29)25-12-15-3-1-2-8-24-15/h1-5,8,11,13H,6-7,9-10,12H2,(H2,23,26)(H,25,29). The van der Waals surface area contributed by atoms with E-state index < -0.39 is 5.82 Å². The molecule has 3 rings (SSSR count). The number of ketones is 1. The molecule has 152 valence electrons. The summed E-state index contributed by atoms with van der Waals surface area (Å²) in [6.07, 6.45) is 2.66. The number of halogens is 2. The molecule has 0 bridgehead atoms. The highest BCUT2D eigenvalue weighted by molar-refractivity contribution is 9.10. The Morgan fingerprint density at radius 2 is 2.00 bits per heavy atom. The molecule has 1 fully saturated rings. The van der Waals surface area contributed by atoms with Crippen LogP contribution in [0.2, 0.25) is 0 Å². The van der Waals surface area contributed by atoms with Gasteiger partial charge in [0.15, 0.2) is 5.84 Å². The minimum Gasteiger partial charge on any atom is -0.338 e. The van der Waals surface area contributed by atoms with Crippen LogP contribution < -0.4 is 10.6 Å². The van der Waals surface area contributed by atoms with E-state index in [0.29, 0.717) is 38.2 Å². The Morgan fingerprint density at radius 3 is 2.66 bits per heavy atom. The molecule has 1 saturated heterocycles. The molecule has 1 aromatic carbocycles. The number of aromatic nitrogens is 1. The minimum absolute atomic E-state index is 0.189. The zero-order valence-electron chi connectivity index (χ0n) is 15.6. The summed E-state index contributed by atoms with van der Waals surface area (Å²) in [7, 11) is 0. The van der Waals surface area contributed by atoms with Crippen LogP contribution in [-0.4, -0.2) is 40.6 Å². The molecular formula is C20H21BrFN5O2. The molecule has 0 saturated carbocycles. The first-order valence-electron chi connectivity index (χ1n) is 9.21. The molecule has 0 aliphatic carbocycles. The number of anilines is 1. The number of hydrogen-bond acceptors (Lipinski definition) is 4. The summed E-state index contributed by atoms with van der Waals surface area (Å²) in [5, 5.41) is 13.6. The number of hydrogen-bond donors (Lipinski definition) is 3. The van der Waals surface area contributed by atoms with Crippen molar-refractivity contribution in [2.75, 3.05) is 18.4 Å². The lowest BCUT2D eigenvalue weighted by atomic mass is 9.92. The zero-order valence-corrected chi connectivity index (χ0v) is 17.2. The quantitative estimate of drug-likeness (QED) is 0.468. The van der Waals surface area contributed by atoms with Gasteiger partial charge in [-0.25, -0.2) is 9.18 Å². The first-order valence-corrected chi connectivity index (χ1v) is 10.0. The van der Waals surface area contributed by atoms with E-state index >= 15 is 0 Å². The summed E-state index contributed by atoms with van der Waals surface area (Å²) in [4.78, 5) is 30.7. The van der Waals surface area contributed by atoms with Crippen molar-refractivity contribution in [3.05, 3.63) is 58.6 Å². The van der Waals surface area contributed by atoms with Gasteiger partial charge in [-0.2, -0.15) is 0 Å². The maximum atomic E-state index is 13.3. The van der Waals surface area contributed by atoms with Gasteiger partial charge >= 0.3 is 6.03 Å². The number of amides is 2. The Balaban J connectivity index is 1.46. The largest absolute Gasteiger partial charge is 0.338 e. The predicted octanol–water partition coefficient (Wildman–Crippen LogP) is 3.56. The number of nitrogens with one attached hydrogen (secondary N) is 3. The van der Waals surface area contributed by atoms with Crippen molar-refractivity contribution in [2.24, 2.45) is 5.92 Å². The average Bonchev–Trinajstić information content (AvgIpc) is 2.75. The topological polar surface area (TPSA) is 98.2 Å².